The summed E-state index contributed by atoms with van der Waals surface area (Å²) in [5.74, 6) is -0.341. The SMILES string of the molecule is COc1nc(-c2cccc(-c3cccc(NC(=O)c4cn(C)c(=O)n(C)c4=O)c3Cl)c2Cl)cc2c1[C@@H](NC[C@@H]1CCC(=O)N1)[C@@H](O)C2. The number of carbonyl (C=O) groups is 2. The molecule has 0 spiro atoms. The topological polar surface area (TPSA) is 157 Å². The lowest BCUT2D eigenvalue weighted by Gasteiger charge is -2.22. The molecule has 0 unspecified atom stereocenters. The van der Waals surface area contributed by atoms with Gasteiger partial charge in [-0.2, -0.15) is 0 Å². The predicted molar refractivity (Wildman–Crippen MR) is 178 cm³/mol. The maximum Gasteiger partial charge on any atom is 0.330 e. The van der Waals surface area contributed by atoms with Crippen LogP contribution >= 0.6 is 23.2 Å². The Morgan fingerprint density at radius 2 is 1.79 bits per heavy atom. The quantitative estimate of drug-likeness (QED) is 0.221. The Morgan fingerprint density at radius 1 is 1.09 bits per heavy atom. The Hall–Kier alpha value is -4.49. The van der Waals surface area contributed by atoms with Crippen LogP contribution in [-0.2, 0) is 25.3 Å². The van der Waals surface area contributed by atoms with Crippen molar-refractivity contribution in [2.24, 2.45) is 14.1 Å². The van der Waals surface area contributed by atoms with Gasteiger partial charge in [0.2, 0.25) is 11.8 Å². The molecule has 0 radical (unpaired) electrons. The van der Waals surface area contributed by atoms with E-state index in [1.807, 2.05) is 18.2 Å². The van der Waals surface area contributed by atoms with Gasteiger partial charge in [0, 0.05) is 68.0 Å². The van der Waals surface area contributed by atoms with Gasteiger partial charge in [0.25, 0.3) is 11.5 Å². The van der Waals surface area contributed by atoms with E-state index in [4.69, 9.17) is 32.9 Å². The number of amides is 2. The Balaban J connectivity index is 1.31. The lowest BCUT2D eigenvalue weighted by atomic mass is 9.99. The standard InChI is InChI=1S/C33H32Cl2N6O6/c1-40-15-21(32(45)41(2)33(40)46)30(44)38-22-9-5-7-19(28(22)35)18-6-4-8-20(27(18)34)23-12-16-13-24(42)29(26(16)31(39-23)47-3)36-14-17-10-11-25(43)37-17/h4-9,12,15,17,24,29,36,42H,10-11,13-14H2,1-3H3,(H,37,43)(H,38,44)/t17-,24-,29-/m0/s1. The summed E-state index contributed by atoms with van der Waals surface area (Å²) in [5, 5.41) is 20.5. The molecule has 4 aromatic rings. The van der Waals surface area contributed by atoms with E-state index in [2.05, 4.69) is 16.0 Å². The third-order valence-corrected chi connectivity index (χ3v) is 9.41. The van der Waals surface area contributed by atoms with Gasteiger partial charge in [-0.3, -0.25) is 19.0 Å². The molecule has 1 aliphatic carbocycles. The van der Waals surface area contributed by atoms with Crippen molar-refractivity contribution in [2.75, 3.05) is 19.0 Å². The molecule has 0 bridgehead atoms. The van der Waals surface area contributed by atoms with E-state index in [1.165, 1.54) is 27.4 Å². The van der Waals surface area contributed by atoms with Gasteiger partial charge >= 0.3 is 5.69 Å². The van der Waals surface area contributed by atoms with Gasteiger partial charge < -0.3 is 30.4 Å². The average molecular weight is 680 g/mol. The van der Waals surface area contributed by atoms with Crippen molar-refractivity contribution < 1.29 is 19.4 Å². The van der Waals surface area contributed by atoms with Gasteiger partial charge in [-0.1, -0.05) is 53.5 Å². The molecule has 1 fully saturated rings. The molecule has 2 aromatic heterocycles. The highest BCUT2D eigenvalue weighted by molar-refractivity contribution is 6.39. The minimum absolute atomic E-state index is 0.00177. The second-order valence-corrected chi connectivity index (χ2v) is 12.4. The molecule has 12 nitrogen and oxygen atoms in total. The number of nitrogens with zero attached hydrogens (tertiary/aromatic N) is 3. The molecule has 2 aromatic carbocycles. The predicted octanol–water partition coefficient (Wildman–Crippen LogP) is 3.21. The highest BCUT2D eigenvalue weighted by atomic mass is 35.5. The number of carbonyl (C=O) groups excluding carboxylic acids is 2. The van der Waals surface area contributed by atoms with Crippen LogP contribution in [0.15, 0.2) is 58.3 Å². The van der Waals surface area contributed by atoms with Crippen LogP contribution in [0.3, 0.4) is 0 Å². The van der Waals surface area contributed by atoms with Crippen molar-refractivity contribution in [3.8, 4) is 28.3 Å². The highest BCUT2D eigenvalue weighted by Crippen LogP contribution is 2.44. The number of aromatic nitrogens is 3. The Morgan fingerprint density at radius 3 is 2.49 bits per heavy atom. The third-order valence-electron chi connectivity index (χ3n) is 8.60. The van der Waals surface area contributed by atoms with Crippen molar-refractivity contribution in [1.29, 1.82) is 0 Å². The number of halogens is 2. The Labute approximate surface area is 279 Å². The lowest BCUT2D eigenvalue weighted by molar-refractivity contribution is -0.119. The van der Waals surface area contributed by atoms with Crippen molar-refractivity contribution >= 4 is 40.7 Å². The van der Waals surface area contributed by atoms with E-state index >= 15 is 0 Å². The van der Waals surface area contributed by atoms with E-state index < -0.39 is 29.3 Å². The van der Waals surface area contributed by atoms with Crippen molar-refractivity contribution in [1.82, 2.24) is 24.8 Å². The zero-order valence-corrected chi connectivity index (χ0v) is 27.3. The van der Waals surface area contributed by atoms with Gasteiger partial charge in [0.05, 0.1) is 40.7 Å². The number of hydrogen-bond donors (Lipinski definition) is 4. The second kappa shape index (κ2) is 13.0. The number of methoxy groups -OCH3 is 1. The zero-order chi connectivity index (χ0) is 33.6. The van der Waals surface area contributed by atoms with Crippen LogP contribution < -0.4 is 31.9 Å². The van der Waals surface area contributed by atoms with E-state index in [9.17, 15) is 24.3 Å². The number of anilines is 1. The Bertz CT molecular complexity index is 2040. The molecule has 1 aliphatic heterocycles. The summed E-state index contributed by atoms with van der Waals surface area (Å²) in [6, 6.07) is 11.9. The molecule has 2 aliphatic rings. The molecule has 0 saturated carbocycles. The second-order valence-electron chi connectivity index (χ2n) is 11.6. The third kappa shape index (κ3) is 6.05. The number of nitrogens with one attached hydrogen (secondary N) is 3. The van der Waals surface area contributed by atoms with Crippen LogP contribution in [0.1, 0.15) is 40.4 Å². The summed E-state index contributed by atoms with van der Waals surface area (Å²) in [7, 11) is 4.27. The van der Waals surface area contributed by atoms with E-state index in [0.717, 1.165) is 26.7 Å². The number of pyridine rings is 1. The molecule has 3 atom stereocenters. The van der Waals surface area contributed by atoms with Crippen molar-refractivity contribution in [3.63, 3.8) is 0 Å². The molecule has 3 heterocycles. The number of benzene rings is 2. The summed E-state index contributed by atoms with van der Waals surface area (Å²) in [5.41, 5.74) is 2.59. The summed E-state index contributed by atoms with van der Waals surface area (Å²) in [4.78, 5) is 54.2. The molecule has 244 valence electrons. The highest BCUT2D eigenvalue weighted by Gasteiger charge is 2.36. The fraction of sp³-hybridized carbons (Fsp3) is 0.303. The average Bonchev–Trinajstić information content (AvgIpc) is 3.62. The van der Waals surface area contributed by atoms with Crippen LogP contribution in [0.25, 0.3) is 22.4 Å². The molecule has 14 heteroatoms. The van der Waals surface area contributed by atoms with Crippen LogP contribution in [0, 0.1) is 0 Å². The maximum atomic E-state index is 13.1. The van der Waals surface area contributed by atoms with Gasteiger partial charge in [-0.15, -0.1) is 0 Å². The summed E-state index contributed by atoms with van der Waals surface area (Å²) in [6.45, 7) is 0.508. The minimum atomic E-state index is -0.733. The van der Waals surface area contributed by atoms with Gasteiger partial charge in [0.1, 0.15) is 5.56 Å². The van der Waals surface area contributed by atoms with Crippen LogP contribution in [-0.4, -0.2) is 56.8 Å². The first-order valence-electron chi connectivity index (χ1n) is 14.9. The van der Waals surface area contributed by atoms with Crippen LogP contribution in [0.2, 0.25) is 10.0 Å². The van der Waals surface area contributed by atoms with Gasteiger partial charge in [-0.05, 0) is 24.1 Å². The molecule has 2 amide bonds. The fourth-order valence-electron chi connectivity index (χ4n) is 6.18. The molecule has 47 heavy (non-hydrogen) atoms. The first-order chi connectivity index (χ1) is 22.5. The van der Waals surface area contributed by atoms with Crippen molar-refractivity contribution in [2.45, 2.75) is 37.5 Å². The zero-order valence-electron chi connectivity index (χ0n) is 25.8. The molecular formula is C33H32Cl2N6O6. The van der Waals surface area contributed by atoms with E-state index in [0.29, 0.717) is 52.7 Å². The Kier molecular flexibility index (Phi) is 8.95. The van der Waals surface area contributed by atoms with Crippen LogP contribution in [0.5, 0.6) is 5.88 Å². The molecule has 6 rings (SSSR count). The van der Waals surface area contributed by atoms with Crippen LogP contribution in [0.4, 0.5) is 5.69 Å². The first kappa shape index (κ1) is 32.5. The number of aryl methyl sites for hydroxylation is 1. The number of ether oxygens (including phenoxy) is 1. The number of fused-ring (bicyclic) bond motifs is 1. The van der Waals surface area contributed by atoms with E-state index in [-0.39, 0.29) is 28.2 Å². The van der Waals surface area contributed by atoms with Gasteiger partial charge in [0.15, 0.2) is 0 Å². The summed E-state index contributed by atoms with van der Waals surface area (Å²) in [6.07, 6.45) is 2.07. The number of hydrogen-bond acceptors (Lipinski definition) is 8. The number of aliphatic hydroxyl groups is 1. The minimum Gasteiger partial charge on any atom is -0.481 e. The normalized spacial score (nSPS) is 18.6. The summed E-state index contributed by atoms with van der Waals surface area (Å²) < 4.78 is 7.71. The smallest absolute Gasteiger partial charge is 0.330 e. The largest absolute Gasteiger partial charge is 0.481 e. The lowest BCUT2D eigenvalue weighted by Crippen LogP contribution is -2.40. The molecule has 1 saturated heterocycles. The maximum absolute atomic E-state index is 13.1. The fourth-order valence-corrected chi connectivity index (χ4v) is 6.78. The molecular weight excluding hydrogens is 647 g/mol. The monoisotopic (exact) mass is 678 g/mol. The van der Waals surface area contributed by atoms with E-state index in [1.54, 1.807) is 24.3 Å². The van der Waals surface area contributed by atoms with Crippen molar-refractivity contribution in [3.05, 3.63) is 96.2 Å². The molecule has 4 N–H and O–H groups in total. The number of aliphatic hydroxyl groups excluding tert-OH is 1. The number of rotatable bonds is 8. The first-order valence-corrected chi connectivity index (χ1v) is 15.7. The van der Waals surface area contributed by atoms with Gasteiger partial charge in [-0.25, -0.2) is 9.78 Å². The summed E-state index contributed by atoms with van der Waals surface area (Å²) >= 11 is 13.8.